The first kappa shape index (κ1) is 14.4. The van der Waals surface area contributed by atoms with Crippen LogP contribution in [0.5, 0.6) is 5.75 Å². The Labute approximate surface area is 105 Å². The van der Waals surface area contributed by atoms with Crippen molar-refractivity contribution in [3.05, 3.63) is 29.8 Å². The van der Waals surface area contributed by atoms with Gasteiger partial charge in [0.15, 0.2) is 0 Å². The Morgan fingerprint density at radius 3 is 2.44 bits per heavy atom. The van der Waals surface area contributed by atoms with E-state index in [1.165, 1.54) is 12.1 Å². The summed E-state index contributed by atoms with van der Waals surface area (Å²) in [5, 5.41) is 3.14. The highest BCUT2D eigenvalue weighted by molar-refractivity contribution is 5.29. The molecule has 0 aromatic heterocycles. The molecule has 0 aliphatic carbocycles. The third-order valence-electron chi connectivity index (χ3n) is 2.44. The van der Waals surface area contributed by atoms with E-state index < -0.39 is 6.61 Å². The first-order chi connectivity index (χ1) is 8.56. The first-order valence-electron chi connectivity index (χ1n) is 5.53. The maximum atomic E-state index is 12.0. The average Bonchev–Trinajstić information content (AvgIpc) is 2.36. The van der Waals surface area contributed by atoms with Crippen LogP contribution in [0, 0.1) is 12.3 Å². The zero-order chi connectivity index (χ0) is 13.5. The Bertz CT molecular complexity index is 400. The molecule has 0 spiro atoms. The van der Waals surface area contributed by atoms with E-state index in [0.717, 1.165) is 5.56 Å². The lowest BCUT2D eigenvalue weighted by atomic mass is 10.1. The van der Waals surface area contributed by atoms with Gasteiger partial charge in [-0.2, -0.15) is 8.78 Å². The summed E-state index contributed by atoms with van der Waals surface area (Å²) in [5.74, 6) is 2.67. The van der Waals surface area contributed by atoms with Gasteiger partial charge in [0, 0.05) is 12.6 Å². The topological polar surface area (TPSA) is 47.3 Å². The highest BCUT2D eigenvalue weighted by atomic mass is 19.3. The van der Waals surface area contributed by atoms with Crippen molar-refractivity contribution in [3.63, 3.8) is 0 Å². The SMILES string of the molecule is C#CC(C)NC(CN)c1ccc(OC(F)F)cc1. The van der Waals surface area contributed by atoms with Crippen molar-refractivity contribution in [2.24, 2.45) is 5.73 Å². The molecule has 0 heterocycles. The van der Waals surface area contributed by atoms with Gasteiger partial charge >= 0.3 is 6.61 Å². The summed E-state index contributed by atoms with van der Waals surface area (Å²) >= 11 is 0. The molecule has 0 fully saturated rings. The van der Waals surface area contributed by atoms with Gasteiger partial charge in [-0.25, -0.2) is 0 Å². The molecule has 0 bridgehead atoms. The lowest BCUT2D eigenvalue weighted by molar-refractivity contribution is -0.0498. The maximum absolute atomic E-state index is 12.0. The van der Waals surface area contributed by atoms with Crippen LogP contribution in [0.3, 0.4) is 0 Å². The maximum Gasteiger partial charge on any atom is 0.387 e. The van der Waals surface area contributed by atoms with E-state index >= 15 is 0 Å². The van der Waals surface area contributed by atoms with Crippen molar-refractivity contribution < 1.29 is 13.5 Å². The van der Waals surface area contributed by atoms with Crippen LogP contribution < -0.4 is 15.8 Å². The van der Waals surface area contributed by atoms with E-state index in [0.29, 0.717) is 6.54 Å². The van der Waals surface area contributed by atoms with E-state index in [4.69, 9.17) is 12.2 Å². The van der Waals surface area contributed by atoms with Crippen LogP contribution in [-0.4, -0.2) is 19.2 Å². The fourth-order valence-electron chi connectivity index (χ4n) is 1.53. The summed E-state index contributed by atoms with van der Waals surface area (Å²) in [5.41, 5.74) is 6.52. The number of hydrogen-bond donors (Lipinski definition) is 2. The fourth-order valence-corrected chi connectivity index (χ4v) is 1.53. The van der Waals surface area contributed by atoms with Gasteiger partial charge in [0.05, 0.1) is 6.04 Å². The Balaban J connectivity index is 2.73. The molecule has 98 valence electrons. The molecular formula is C13H16F2N2O. The minimum Gasteiger partial charge on any atom is -0.435 e. The number of hydrogen-bond acceptors (Lipinski definition) is 3. The molecule has 0 aliphatic heterocycles. The van der Waals surface area contributed by atoms with Gasteiger partial charge in [0.1, 0.15) is 5.75 Å². The van der Waals surface area contributed by atoms with Crippen molar-refractivity contribution in [1.29, 1.82) is 0 Å². The minimum absolute atomic E-state index is 0.114. The van der Waals surface area contributed by atoms with Crippen molar-refractivity contribution in [1.82, 2.24) is 5.32 Å². The van der Waals surface area contributed by atoms with Crippen LogP contribution in [0.4, 0.5) is 8.78 Å². The second-order valence-corrected chi connectivity index (χ2v) is 3.79. The van der Waals surface area contributed by atoms with Gasteiger partial charge < -0.3 is 10.5 Å². The standard InChI is InChI=1S/C13H16F2N2O/c1-3-9(2)17-12(8-16)10-4-6-11(7-5-10)18-13(14)15/h1,4-7,9,12-13,17H,8,16H2,2H3. The van der Waals surface area contributed by atoms with Gasteiger partial charge in [-0.1, -0.05) is 18.1 Å². The van der Waals surface area contributed by atoms with Crippen LogP contribution in [0.25, 0.3) is 0 Å². The minimum atomic E-state index is -2.82. The van der Waals surface area contributed by atoms with Crippen LogP contribution in [0.2, 0.25) is 0 Å². The Hall–Kier alpha value is -1.64. The summed E-state index contributed by atoms with van der Waals surface area (Å²) in [4.78, 5) is 0. The third-order valence-corrected chi connectivity index (χ3v) is 2.44. The number of ether oxygens (including phenoxy) is 1. The average molecular weight is 254 g/mol. The predicted octanol–water partition coefficient (Wildman–Crippen LogP) is 1.90. The Kier molecular flexibility index (Phi) is 5.56. The molecule has 1 aromatic rings. The summed E-state index contributed by atoms with van der Waals surface area (Å²) in [6.45, 7) is -0.612. The number of halogens is 2. The van der Waals surface area contributed by atoms with Gasteiger partial charge in [0.25, 0.3) is 0 Å². The van der Waals surface area contributed by atoms with E-state index in [9.17, 15) is 8.78 Å². The molecule has 0 aliphatic rings. The van der Waals surface area contributed by atoms with Crippen LogP contribution in [-0.2, 0) is 0 Å². The summed E-state index contributed by atoms with van der Waals surface area (Å²) in [7, 11) is 0. The molecule has 2 unspecified atom stereocenters. The molecule has 0 saturated heterocycles. The van der Waals surface area contributed by atoms with E-state index in [1.807, 2.05) is 6.92 Å². The molecule has 0 radical (unpaired) electrons. The van der Waals surface area contributed by atoms with Gasteiger partial charge in [0.2, 0.25) is 0 Å². The highest BCUT2D eigenvalue weighted by Crippen LogP contribution is 2.19. The predicted molar refractivity (Wildman–Crippen MR) is 66.3 cm³/mol. The zero-order valence-electron chi connectivity index (χ0n) is 10.1. The smallest absolute Gasteiger partial charge is 0.387 e. The van der Waals surface area contributed by atoms with Crippen LogP contribution >= 0.6 is 0 Å². The summed E-state index contributed by atoms with van der Waals surface area (Å²) in [6, 6.07) is 6.10. The number of terminal acetylenes is 1. The lowest BCUT2D eigenvalue weighted by Crippen LogP contribution is -2.34. The quantitative estimate of drug-likeness (QED) is 0.762. The van der Waals surface area contributed by atoms with E-state index in [2.05, 4.69) is 16.0 Å². The van der Waals surface area contributed by atoms with Crippen molar-refractivity contribution in [2.75, 3.05) is 6.54 Å². The Morgan fingerprint density at radius 1 is 1.39 bits per heavy atom. The molecule has 3 N–H and O–H groups in total. The Morgan fingerprint density at radius 2 is 2.00 bits per heavy atom. The number of rotatable bonds is 6. The number of alkyl halides is 2. The monoisotopic (exact) mass is 254 g/mol. The molecule has 18 heavy (non-hydrogen) atoms. The molecule has 2 atom stereocenters. The van der Waals surface area contributed by atoms with Crippen LogP contribution in [0.1, 0.15) is 18.5 Å². The van der Waals surface area contributed by atoms with Crippen molar-refractivity contribution in [3.8, 4) is 18.1 Å². The summed E-state index contributed by atoms with van der Waals surface area (Å²) in [6.07, 6.45) is 5.28. The van der Waals surface area contributed by atoms with E-state index in [-0.39, 0.29) is 17.8 Å². The van der Waals surface area contributed by atoms with Crippen molar-refractivity contribution in [2.45, 2.75) is 25.6 Å². The van der Waals surface area contributed by atoms with Crippen molar-refractivity contribution >= 4 is 0 Å². The van der Waals surface area contributed by atoms with Gasteiger partial charge in [-0.15, -0.1) is 6.42 Å². The number of benzene rings is 1. The first-order valence-corrected chi connectivity index (χ1v) is 5.53. The third kappa shape index (κ3) is 4.32. The number of nitrogens with one attached hydrogen (secondary N) is 1. The fraction of sp³-hybridized carbons (Fsp3) is 0.385. The molecule has 0 amide bonds. The lowest BCUT2D eigenvalue weighted by Gasteiger charge is -2.19. The largest absolute Gasteiger partial charge is 0.435 e. The molecule has 1 rings (SSSR count). The van der Waals surface area contributed by atoms with Crippen LogP contribution in [0.15, 0.2) is 24.3 Å². The molecule has 0 saturated carbocycles. The van der Waals surface area contributed by atoms with Gasteiger partial charge in [-0.3, -0.25) is 5.32 Å². The van der Waals surface area contributed by atoms with Gasteiger partial charge in [-0.05, 0) is 24.6 Å². The number of nitrogens with two attached hydrogens (primary N) is 1. The molecule has 5 heteroatoms. The van der Waals surface area contributed by atoms with E-state index in [1.54, 1.807) is 12.1 Å². The second kappa shape index (κ2) is 6.94. The summed E-state index contributed by atoms with van der Waals surface area (Å²) < 4.78 is 28.2. The second-order valence-electron chi connectivity index (χ2n) is 3.79. The zero-order valence-corrected chi connectivity index (χ0v) is 10.1. The molecule has 3 nitrogen and oxygen atoms in total. The highest BCUT2D eigenvalue weighted by Gasteiger charge is 2.12. The normalized spacial score (nSPS) is 14.0. The molecular weight excluding hydrogens is 238 g/mol. The molecule has 1 aromatic carbocycles.